The van der Waals surface area contributed by atoms with Gasteiger partial charge in [0, 0.05) is 37.8 Å². The van der Waals surface area contributed by atoms with Crippen molar-refractivity contribution in [3.8, 4) is 5.75 Å². The molecule has 1 fully saturated rings. The lowest BCUT2D eigenvalue weighted by atomic mass is 9.96. The first-order valence-electron chi connectivity index (χ1n) is 10.8. The number of ether oxygens (including phenoxy) is 2. The molecule has 168 valence electrons. The van der Waals surface area contributed by atoms with Crippen LogP contribution in [-0.2, 0) is 17.8 Å². The molecule has 0 bridgehead atoms. The highest BCUT2D eigenvalue weighted by molar-refractivity contribution is 7.80. The van der Waals surface area contributed by atoms with Gasteiger partial charge in [-0.2, -0.15) is 0 Å². The van der Waals surface area contributed by atoms with E-state index in [9.17, 15) is 0 Å². The van der Waals surface area contributed by atoms with E-state index in [1.54, 1.807) is 14.2 Å². The number of aromatic nitrogens is 2. The van der Waals surface area contributed by atoms with Crippen LogP contribution in [0.25, 0.3) is 0 Å². The summed E-state index contributed by atoms with van der Waals surface area (Å²) in [6.45, 7) is 6.53. The first kappa shape index (κ1) is 22.3. The Morgan fingerprint density at radius 1 is 1.09 bits per heavy atom. The van der Waals surface area contributed by atoms with Crippen LogP contribution in [-0.4, -0.2) is 40.4 Å². The average molecular weight is 451 g/mol. The van der Waals surface area contributed by atoms with Crippen LogP contribution in [0.15, 0.2) is 54.7 Å². The van der Waals surface area contributed by atoms with Gasteiger partial charge in [-0.3, -0.25) is 4.98 Å². The molecule has 1 N–H and O–H groups in total. The van der Waals surface area contributed by atoms with Crippen molar-refractivity contribution in [2.24, 2.45) is 0 Å². The minimum Gasteiger partial charge on any atom is -0.497 e. The minimum atomic E-state index is -0.0293. The van der Waals surface area contributed by atoms with E-state index in [1.807, 2.05) is 30.5 Å². The summed E-state index contributed by atoms with van der Waals surface area (Å²) >= 11 is 5.83. The van der Waals surface area contributed by atoms with E-state index in [4.69, 9.17) is 21.7 Å². The first-order valence-corrected chi connectivity index (χ1v) is 11.2. The SMILES string of the molecule is COCCn1c(C)cc(C2C(c3ccccn3)NC(=S)N2Cc2ccc(OC)cc2)c1C. The summed E-state index contributed by atoms with van der Waals surface area (Å²) in [5.41, 5.74) is 5.87. The number of nitrogens with one attached hydrogen (secondary N) is 1. The molecule has 0 spiro atoms. The summed E-state index contributed by atoms with van der Waals surface area (Å²) in [5.74, 6) is 0.848. The lowest BCUT2D eigenvalue weighted by Gasteiger charge is -2.28. The third-order valence-electron chi connectivity index (χ3n) is 6.16. The number of rotatable bonds is 8. The Hall–Kier alpha value is -2.90. The highest BCUT2D eigenvalue weighted by Gasteiger charge is 2.41. The molecule has 2 unspecified atom stereocenters. The zero-order valence-corrected chi connectivity index (χ0v) is 19.9. The van der Waals surface area contributed by atoms with Gasteiger partial charge in [-0.1, -0.05) is 18.2 Å². The standard InChI is InChI=1S/C25H30N4O2S/c1-17-15-21(18(2)28(17)13-14-30-3)24-23(22-7-5-6-12-26-22)27-25(32)29(24)16-19-8-10-20(31-4)11-9-19/h5-12,15,23-24H,13-14,16H2,1-4H3,(H,27,32). The summed E-state index contributed by atoms with van der Waals surface area (Å²) in [5, 5.41) is 4.29. The van der Waals surface area contributed by atoms with E-state index in [0.717, 1.165) is 23.1 Å². The molecule has 2 aromatic heterocycles. The second kappa shape index (κ2) is 9.71. The van der Waals surface area contributed by atoms with E-state index >= 15 is 0 Å². The summed E-state index contributed by atoms with van der Waals surface area (Å²) < 4.78 is 13.0. The largest absolute Gasteiger partial charge is 0.497 e. The molecular formula is C25H30N4O2S. The van der Waals surface area contributed by atoms with E-state index in [0.29, 0.717) is 13.2 Å². The van der Waals surface area contributed by atoms with Gasteiger partial charge in [-0.05, 0) is 67.5 Å². The molecular weight excluding hydrogens is 420 g/mol. The zero-order chi connectivity index (χ0) is 22.7. The maximum atomic E-state index is 5.83. The Labute approximate surface area is 195 Å². The van der Waals surface area contributed by atoms with Gasteiger partial charge in [0.1, 0.15) is 5.75 Å². The van der Waals surface area contributed by atoms with Crippen LogP contribution in [0.5, 0.6) is 5.75 Å². The number of hydrogen-bond donors (Lipinski definition) is 1. The second-order valence-corrected chi connectivity index (χ2v) is 8.46. The van der Waals surface area contributed by atoms with Crippen molar-refractivity contribution in [2.45, 2.75) is 39.0 Å². The Bertz CT molecular complexity index is 1070. The molecule has 0 amide bonds. The average Bonchev–Trinajstić information content (AvgIpc) is 3.28. The minimum absolute atomic E-state index is 0.0293. The molecule has 7 heteroatoms. The molecule has 2 atom stereocenters. The second-order valence-electron chi connectivity index (χ2n) is 8.07. The molecule has 1 aliphatic rings. The number of nitrogens with zero attached hydrogens (tertiary/aromatic N) is 3. The lowest BCUT2D eigenvalue weighted by molar-refractivity contribution is 0.186. The molecule has 0 saturated carbocycles. The molecule has 3 heterocycles. The highest BCUT2D eigenvalue weighted by atomic mass is 32.1. The molecule has 1 aromatic carbocycles. The Morgan fingerprint density at radius 2 is 1.88 bits per heavy atom. The molecule has 1 saturated heterocycles. The van der Waals surface area contributed by atoms with Crippen molar-refractivity contribution in [3.05, 3.63) is 82.9 Å². The van der Waals surface area contributed by atoms with Crippen LogP contribution < -0.4 is 10.1 Å². The van der Waals surface area contributed by atoms with Gasteiger partial charge in [-0.15, -0.1) is 0 Å². The maximum Gasteiger partial charge on any atom is 0.170 e. The topological polar surface area (TPSA) is 51.5 Å². The van der Waals surface area contributed by atoms with Crippen LogP contribution in [0.4, 0.5) is 0 Å². The van der Waals surface area contributed by atoms with E-state index < -0.39 is 0 Å². The number of benzene rings is 1. The van der Waals surface area contributed by atoms with Crippen LogP contribution in [0.2, 0.25) is 0 Å². The summed E-state index contributed by atoms with van der Waals surface area (Å²) in [7, 11) is 3.42. The lowest BCUT2D eigenvalue weighted by Crippen LogP contribution is -2.29. The van der Waals surface area contributed by atoms with Crippen LogP contribution in [0.3, 0.4) is 0 Å². The summed E-state index contributed by atoms with van der Waals surface area (Å²) in [6.07, 6.45) is 1.84. The van der Waals surface area contributed by atoms with Crippen LogP contribution >= 0.6 is 12.2 Å². The van der Waals surface area contributed by atoms with Gasteiger partial charge in [-0.25, -0.2) is 0 Å². The van der Waals surface area contributed by atoms with E-state index in [-0.39, 0.29) is 12.1 Å². The number of aryl methyl sites for hydroxylation is 1. The van der Waals surface area contributed by atoms with Crippen molar-refractivity contribution < 1.29 is 9.47 Å². The fraction of sp³-hybridized carbons (Fsp3) is 0.360. The molecule has 4 rings (SSSR count). The van der Waals surface area contributed by atoms with Crippen molar-refractivity contribution in [1.29, 1.82) is 0 Å². The third-order valence-corrected chi connectivity index (χ3v) is 6.51. The number of pyridine rings is 1. The van der Waals surface area contributed by atoms with Gasteiger partial charge in [0.25, 0.3) is 0 Å². The molecule has 0 aliphatic carbocycles. The molecule has 0 radical (unpaired) electrons. The highest BCUT2D eigenvalue weighted by Crippen LogP contribution is 2.41. The van der Waals surface area contributed by atoms with Crippen molar-refractivity contribution in [1.82, 2.24) is 19.8 Å². The van der Waals surface area contributed by atoms with Gasteiger partial charge in [0.2, 0.25) is 0 Å². The van der Waals surface area contributed by atoms with Gasteiger partial charge < -0.3 is 24.3 Å². The van der Waals surface area contributed by atoms with Crippen LogP contribution in [0.1, 0.15) is 40.3 Å². The van der Waals surface area contributed by atoms with E-state index in [1.165, 1.54) is 22.5 Å². The van der Waals surface area contributed by atoms with Crippen molar-refractivity contribution >= 4 is 17.3 Å². The number of hydrogen-bond acceptors (Lipinski definition) is 4. The maximum absolute atomic E-state index is 5.83. The molecule has 6 nitrogen and oxygen atoms in total. The molecule has 1 aliphatic heterocycles. The first-order chi connectivity index (χ1) is 15.5. The van der Waals surface area contributed by atoms with E-state index in [2.05, 4.69) is 57.9 Å². The Kier molecular flexibility index (Phi) is 6.77. The third kappa shape index (κ3) is 4.36. The van der Waals surface area contributed by atoms with Crippen LogP contribution in [0, 0.1) is 13.8 Å². The van der Waals surface area contributed by atoms with Crippen molar-refractivity contribution in [2.75, 3.05) is 20.8 Å². The fourth-order valence-corrected chi connectivity index (χ4v) is 4.80. The number of thiocarbonyl (C=S) groups is 1. The quantitative estimate of drug-likeness (QED) is 0.516. The van der Waals surface area contributed by atoms with Gasteiger partial charge in [0.05, 0.1) is 31.5 Å². The van der Waals surface area contributed by atoms with Crippen molar-refractivity contribution in [3.63, 3.8) is 0 Å². The number of methoxy groups -OCH3 is 2. The smallest absolute Gasteiger partial charge is 0.170 e. The fourth-order valence-electron chi connectivity index (χ4n) is 4.50. The molecule has 3 aromatic rings. The Morgan fingerprint density at radius 3 is 2.53 bits per heavy atom. The zero-order valence-electron chi connectivity index (χ0n) is 19.0. The summed E-state index contributed by atoms with van der Waals surface area (Å²) in [4.78, 5) is 6.93. The normalized spacial score (nSPS) is 18.1. The summed E-state index contributed by atoms with van der Waals surface area (Å²) in [6, 6.07) is 16.5. The predicted molar refractivity (Wildman–Crippen MR) is 130 cm³/mol. The molecule has 32 heavy (non-hydrogen) atoms. The predicted octanol–water partition coefficient (Wildman–Crippen LogP) is 4.33. The monoisotopic (exact) mass is 450 g/mol. The van der Waals surface area contributed by atoms with Gasteiger partial charge >= 0.3 is 0 Å². The Balaban J connectivity index is 1.74. The van der Waals surface area contributed by atoms with Gasteiger partial charge in [0.15, 0.2) is 5.11 Å².